The molecule has 0 atom stereocenters. The van der Waals surface area contributed by atoms with Crippen molar-refractivity contribution in [3.8, 4) is 11.5 Å². The summed E-state index contributed by atoms with van der Waals surface area (Å²) in [5, 5.41) is 3.05. The molecule has 0 unspecified atom stereocenters. The Morgan fingerprint density at radius 1 is 0.900 bits per heavy atom. The van der Waals surface area contributed by atoms with E-state index in [-0.39, 0.29) is 25.0 Å². The number of nitrogens with zero attached hydrogens (tertiary/aromatic N) is 1. The lowest BCUT2D eigenvalue weighted by Gasteiger charge is -2.24. The molecule has 8 heteroatoms. The molecule has 2 aromatic rings. The van der Waals surface area contributed by atoms with Gasteiger partial charge in [-0.1, -0.05) is 24.3 Å². The van der Waals surface area contributed by atoms with Crippen LogP contribution in [0.2, 0.25) is 0 Å². The Labute approximate surface area is 176 Å². The predicted molar refractivity (Wildman–Crippen MR) is 113 cm³/mol. The molecule has 2 aromatic carbocycles. The van der Waals surface area contributed by atoms with Crippen LogP contribution in [0.1, 0.15) is 17.2 Å². The van der Waals surface area contributed by atoms with Gasteiger partial charge in [0.25, 0.3) is 0 Å². The minimum absolute atomic E-state index is 0.0213. The van der Waals surface area contributed by atoms with Gasteiger partial charge in [-0.3, -0.25) is 14.5 Å². The molecule has 162 valence electrons. The van der Waals surface area contributed by atoms with Crippen molar-refractivity contribution in [1.82, 2.24) is 10.2 Å². The van der Waals surface area contributed by atoms with E-state index in [0.29, 0.717) is 13.2 Å². The van der Waals surface area contributed by atoms with Crippen LogP contribution in [0.25, 0.3) is 0 Å². The van der Waals surface area contributed by atoms with Crippen molar-refractivity contribution in [2.24, 2.45) is 5.73 Å². The minimum atomic E-state index is -0.499. The van der Waals surface area contributed by atoms with E-state index in [2.05, 4.69) is 5.32 Å². The lowest BCUT2D eigenvalue weighted by Crippen LogP contribution is -2.43. The predicted octanol–water partition coefficient (Wildman–Crippen LogP) is 1.34. The largest absolute Gasteiger partial charge is 0.497 e. The molecule has 2 rings (SSSR count). The second-order valence-corrected chi connectivity index (χ2v) is 6.72. The Kier molecular flexibility index (Phi) is 9.11. The number of benzene rings is 2. The van der Waals surface area contributed by atoms with E-state index >= 15 is 0 Å². The highest BCUT2D eigenvalue weighted by Crippen LogP contribution is 2.26. The van der Waals surface area contributed by atoms with Gasteiger partial charge in [0.15, 0.2) is 0 Å². The van der Waals surface area contributed by atoms with Gasteiger partial charge in [-0.05, 0) is 35.4 Å². The lowest BCUT2D eigenvalue weighted by atomic mass is 9.98. The number of carbonyl (C=O) groups excluding carboxylic acids is 2. The van der Waals surface area contributed by atoms with Crippen LogP contribution in [-0.4, -0.2) is 64.3 Å². The number of rotatable bonds is 12. The summed E-state index contributed by atoms with van der Waals surface area (Å²) >= 11 is 0. The summed E-state index contributed by atoms with van der Waals surface area (Å²) in [5.41, 5.74) is 7.09. The van der Waals surface area contributed by atoms with Gasteiger partial charge in [0.1, 0.15) is 11.5 Å². The number of hydrogen-bond acceptors (Lipinski definition) is 6. The molecule has 0 spiro atoms. The number of primary amides is 1. The molecule has 0 heterocycles. The molecule has 0 aromatic heterocycles. The van der Waals surface area contributed by atoms with E-state index in [1.165, 1.54) is 0 Å². The highest BCUT2D eigenvalue weighted by atomic mass is 16.5. The summed E-state index contributed by atoms with van der Waals surface area (Å²) in [5.74, 6) is 0.723. The van der Waals surface area contributed by atoms with E-state index in [0.717, 1.165) is 22.6 Å². The summed E-state index contributed by atoms with van der Waals surface area (Å²) in [6, 6.07) is 14.6. The fraction of sp³-hybridized carbons (Fsp3) is 0.364. The third-order valence-electron chi connectivity index (χ3n) is 4.56. The van der Waals surface area contributed by atoms with Crippen molar-refractivity contribution >= 4 is 11.8 Å². The van der Waals surface area contributed by atoms with E-state index in [4.69, 9.17) is 19.9 Å². The van der Waals surface area contributed by atoms with Gasteiger partial charge in [0.05, 0.1) is 40.0 Å². The highest BCUT2D eigenvalue weighted by molar-refractivity contribution is 5.81. The van der Waals surface area contributed by atoms with Crippen LogP contribution < -0.4 is 20.5 Å². The molecule has 0 aliphatic carbocycles. The highest BCUT2D eigenvalue weighted by Gasteiger charge is 2.20. The van der Waals surface area contributed by atoms with Crippen molar-refractivity contribution in [2.45, 2.75) is 6.04 Å². The van der Waals surface area contributed by atoms with Crippen LogP contribution in [0.4, 0.5) is 0 Å². The number of amides is 2. The maximum Gasteiger partial charge on any atom is 0.234 e. The first-order valence-corrected chi connectivity index (χ1v) is 9.53. The lowest BCUT2D eigenvalue weighted by molar-refractivity contribution is -0.124. The molecule has 0 bridgehead atoms. The first-order chi connectivity index (χ1) is 14.5. The molecular formula is C22H29N3O5. The third kappa shape index (κ3) is 7.06. The van der Waals surface area contributed by atoms with E-state index in [1.54, 1.807) is 26.2 Å². The second kappa shape index (κ2) is 11.8. The Hall–Kier alpha value is -3.10. The molecule has 0 aliphatic heterocycles. The Morgan fingerprint density at radius 2 is 1.40 bits per heavy atom. The standard InChI is InChI=1S/C22H29N3O5/c1-28-13-12-25(14-20(23)26)15-21(27)24-22(16-4-8-18(29-2)9-5-16)17-6-10-19(30-3)11-7-17/h4-11,22H,12-15H2,1-3H3,(H2,23,26)(H,24,27). The smallest absolute Gasteiger partial charge is 0.234 e. The van der Waals surface area contributed by atoms with Gasteiger partial charge < -0.3 is 25.3 Å². The maximum absolute atomic E-state index is 12.8. The minimum Gasteiger partial charge on any atom is -0.497 e. The van der Waals surface area contributed by atoms with Gasteiger partial charge in [-0.15, -0.1) is 0 Å². The quantitative estimate of drug-likeness (QED) is 0.542. The van der Waals surface area contributed by atoms with Crippen molar-refractivity contribution < 1.29 is 23.8 Å². The van der Waals surface area contributed by atoms with E-state index in [9.17, 15) is 9.59 Å². The summed E-state index contributed by atoms with van der Waals surface area (Å²) in [6.07, 6.45) is 0. The molecular weight excluding hydrogens is 386 g/mol. The summed E-state index contributed by atoms with van der Waals surface area (Å²) < 4.78 is 15.5. The number of nitrogens with one attached hydrogen (secondary N) is 1. The average molecular weight is 415 g/mol. The Balaban J connectivity index is 2.21. The molecule has 0 saturated heterocycles. The number of nitrogens with two attached hydrogens (primary N) is 1. The first kappa shape index (κ1) is 23.2. The van der Waals surface area contributed by atoms with Crippen LogP contribution in [0.3, 0.4) is 0 Å². The molecule has 30 heavy (non-hydrogen) atoms. The normalized spacial score (nSPS) is 10.8. The Bertz CT molecular complexity index is 761. The topological polar surface area (TPSA) is 103 Å². The van der Waals surface area contributed by atoms with Crippen molar-refractivity contribution in [3.05, 3.63) is 59.7 Å². The molecule has 8 nitrogen and oxygen atoms in total. The third-order valence-corrected chi connectivity index (χ3v) is 4.56. The van der Waals surface area contributed by atoms with Crippen molar-refractivity contribution in [1.29, 1.82) is 0 Å². The van der Waals surface area contributed by atoms with Crippen LogP contribution in [0, 0.1) is 0 Å². The molecule has 2 amide bonds. The zero-order chi connectivity index (χ0) is 21.9. The zero-order valence-electron chi connectivity index (χ0n) is 17.6. The molecule has 0 aliphatic rings. The van der Waals surface area contributed by atoms with Crippen LogP contribution >= 0.6 is 0 Å². The van der Waals surface area contributed by atoms with Crippen molar-refractivity contribution in [3.63, 3.8) is 0 Å². The van der Waals surface area contributed by atoms with Crippen LogP contribution in [-0.2, 0) is 14.3 Å². The SMILES string of the molecule is COCCN(CC(N)=O)CC(=O)NC(c1ccc(OC)cc1)c1ccc(OC)cc1. The van der Waals surface area contributed by atoms with Gasteiger partial charge >= 0.3 is 0 Å². The van der Waals surface area contributed by atoms with Crippen LogP contribution in [0.5, 0.6) is 11.5 Å². The van der Waals surface area contributed by atoms with Gasteiger partial charge in [-0.2, -0.15) is 0 Å². The van der Waals surface area contributed by atoms with Gasteiger partial charge in [0.2, 0.25) is 11.8 Å². The molecule has 0 saturated carbocycles. The number of carbonyl (C=O) groups is 2. The maximum atomic E-state index is 12.8. The number of methoxy groups -OCH3 is 3. The fourth-order valence-electron chi connectivity index (χ4n) is 3.02. The monoisotopic (exact) mass is 415 g/mol. The van der Waals surface area contributed by atoms with Crippen LogP contribution in [0.15, 0.2) is 48.5 Å². The molecule has 0 radical (unpaired) electrons. The Morgan fingerprint density at radius 3 is 1.80 bits per heavy atom. The zero-order valence-corrected chi connectivity index (χ0v) is 17.6. The average Bonchev–Trinajstić information content (AvgIpc) is 2.75. The summed E-state index contributed by atoms with van der Waals surface area (Å²) in [6.45, 7) is 0.811. The summed E-state index contributed by atoms with van der Waals surface area (Å²) in [4.78, 5) is 25.8. The number of hydrogen-bond donors (Lipinski definition) is 2. The number of ether oxygens (including phenoxy) is 3. The van der Waals surface area contributed by atoms with Gasteiger partial charge in [-0.25, -0.2) is 0 Å². The van der Waals surface area contributed by atoms with E-state index in [1.807, 2.05) is 48.5 Å². The summed E-state index contributed by atoms with van der Waals surface area (Å²) in [7, 11) is 4.77. The fourth-order valence-corrected chi connectivity index (χ4v) is 3.02. The second-order valence-electron chi connectivity index (χ2n) is 6.72. The van der Waals surface area contributed by atoms with E-state index < -0.39 is 5.91 Å². The molecule has 3 N–H and O–H groups in total. The first-order valence-electron chi connectivity index (χ1n) is 9.53. The van der Waals surface area contributed by atoms with Crippen molar-refractivity contribution in [2.75, 3.05) is 47.6 Å². The van der Waals surface area contributed by atoms with Gasteiger partial charge in [0, 0.05) is 13.7 Å². The molecule has 0 fully saturated rings.